The summed E-state index contributed by atoms with van der Waals surface area (Å²) >= 11 is 0. The lowest BCUT2D eigenvalue weighted by Crippen LogP contribution is -2.47. The van der Waals surface area contributed by atoms with Crippen LogP contribution in [-0.4, -0.2) is 64.6 Å². The van der Waals surface area contributed by atoms with Crippen LogP contribution in [0.4, 0.5) is 11.4 Å². The lowest BCUT2D eigenvalue weighted by molar-refractivity contribution is -0.385. The molecule has 31 heavy (non-hydrogen) atoms. The standard InChI is InChI=1S/C21H28N4O5S/c1-17-8-9-18(25(26)27)16-21(17)31(28,29)22-10-5-11-23-12-14-24(15-13-23)19-6-3-4-7-20(19)30-2/h3-4,6-9,16,22H,5,10-15H2,1-2H3. The van der Waals surface area contributed by atoms with E-state index < -0.39 is 14.9 Å². The van der Waals surface area contributed by atoms with Crippen LogP contribution in [0.1, 0.15) is 12.0 Å². The molecule has 0 radical (unpaired) electrons. The number of ether oxygens (including phenoxy) is 1. The smallest absolute Gasteiger partial charge is 0.270 e. The molecule has 1 saturated heterocycles. The maximum Gasteiger partial charge on any atom is 0.270 e. The molecule has 0 amide bonds. The van der Waals surface area contributed by atoms with Crippen molar-refractivity contribution in [2.75, 3.05) is 51.3 Å². The van der Waals surface area contributed by atoms with Gasteiger partial charge in [-0.3, -0.25) is 15.0 Å². The first-order valence-corrected chi connectivity index (χ1v) is 11.6. The molecule has 9 nitrogen and oxygen atoms in total. The summed E-state index contributed by atoms with van der Waals surface area (Å²) in [4.78, 5) is 14.9. The number of piperazine rings is 1. The van der Waals surface area contributed by atoms with Crippen LogP contribution in [-0.2, 0) is 10.0 Å². The number of non-ortho nitro benzene ring substituents is 1. The molecule has 2 aromatic carbocycles. The number of hydrogen-bond donors (Lipinski definition) is 1. The van der Waals surface area contributed by atoms with Gasteiger partial charge in [0.05, 0.1) is 22.6 Å². The van der Waals surface area contributed by atoms with Crippen molar-refractivity contribution in [1.82, 2.24) is 9.62 Å². The monoisotopic (exact) mass is 448 g/mol. The van der Waals surface area contributed by atoms with Crippen LogP contribution in [0, 0.1) is 17.0 Å². The Morgan fingerprint density at radius 1 is 1.13 bits per heavy atom. The summed E-state index contributed by atoms with van der Waals surface area (Å²) in [5, 5.41) is 11.0. The van der Waals surface area contributed by atoms with Crippen LogP contribution in [0.5, 0.6) is 5.75 Å². The second-order valence-electron chi connectivity index (χ2n) is 7.46. The van der Waals surface area contributed by atoms with Crippen LogP contribution >= 0.6 is 0 Å². The van der Waals surface area contributed by atoms with Gasteiger partial charge in [-0.25, -0.2) is 13.1 Å². The lowest BCUT2D eigenvalue weighted by Gasteiger charge is -2.36. The summed E-state index contributed by atoms with van der Waals surface area (Å²) in [5.41, 5.74) is 1.33. The second-order valence-corrected chi connectivity index (χ2v) is 9.19. The van der Waals surface area contributed by atoms with Crippen molar-refractivity contribution in [3.05, 3.63) is 58.1 Å². The SMILES string of the molecule is COc1ccccc1N1CCN(CCCNS(=O)(=O)c2cc([N+](=O)[O-])ccc2C)CC1. The maximum atomic E-state index is 12.6. The fourth-order valence-corrected chi connectivity index (χ4v) is 5.02. The van der Waals surface area contributed by atoms with Gasteiger partial charge in [0.2, 0.25) is 10.0 Å². The van der Waals surface area contributed by atoms with E-state index in [0.29, 0.717) is 12.0 Å². The molecule has 10 heteroatoms. The quantitative estimate of drug-likeness (QED) is 0.357. The number of nitrogens with one attached hydrogen (secondary N) is 1. The third kappa shape index (κ3) is 5.72. The van der Waals surface area contributed by atoms with E-state index in [1.807, 2.05) is 18.2 Å². The Morgan fingerprint density at radius 3 is 2.52 bits per heavy atom. The van der Waals surface area contributed by atoms with E-state index in [2.05, 4.69) is 20.6 Å². The molecule has 0 unspecified atom stereocenters. The van der Waals surface area contributed by atoms with E-state index in [4.69, 9.17) is 4.74 Å². The summed E-state index contributed by atoms with van der Waals surface area (Å²) in [6.07, 6.45) is 0.655. The molecular formula is C21H28N4O5S. The summed E-state index contributed by atoms with van der Waals surface area (Å²) in [6, 6.07) is 11.8. The minimum absolute atomic E-state index is 0.0490. The van der Waals surface area contributed by atoms with Gasteiger partial charge in [-0.1, -0.05) is 18.2 Å². The number of para-hydroxylation sites is 2. The van der Waals surface area contributed by atoms with Crippen molar-refractivity contribution >= 4 is 21.4 Å². The van der Waals surface area contributed by atoms with E-state index in [1.165, 1.54) is 12.1 Å². The summed E-state index contributed by atoms with van der Waals surface area (Å²) < 4.78 is 33.2. The first kappa shape index (κ1) is 23.0. The molecule has 2 aromatic rings. The molecule has 1 heterocycles. The fraction of sp³-hybridized carbons (Fsp3) is 0.429. The average Bonchev–Trinajstić information content (AvgIpc) is 2.77. The number of nitro groups is 1. The molecule has 0 atom stereocenters. The molecule has 0 spiro atoms. The number of nitrogens with zero attached hydrogens (tertiary/aromatic N) is 3. The van der Waals surface area contributed by atoms with Crippen molar-refractivity contribution in [1.29, 1.82) is 0 Å². The van der Waals surface area contributed by atoms with Gasteiger partial charge in [0.25, 0.3) is 5.69 Å². The number of sulfonamides is 1. The highest BCUT2D eigenvalue weighted by atomic mass is 32.2. The van der Waals surface area contributed by atoms with Crippen molar-refractivity contribution in [2.24, 2.45) is 0 Å². The summed E-state index contributed by atoms with van der Waals surface area (Å²) in [5.74, 6) is 0.863. The average molecular weight is 449 g/mol. The first-order chi connectivity index (χ1) is 14.8. The number of anilines is 1. The van der Waals surface area contributed by atoms with E-state index >= 15 is 0 Å². The Morgan fingerprint density at radius 2 is 1.84 bits per heavy atom. The van der Waals surface area contributed by atoms with E-state index in [0.717, 1.165) is 50.2 Å². The largest absolute Gasteiger partial charge is 0.495 e. The minimum Gasteiger partial charge on any atom is -0.495 e. The molecule has 1 fully saturated rings. The zero-order valence-electron chi connectivity index (χ0n) is 17.8. The highest BCUT2D eigenvalue weighted by Crippen LogP contribution is 2.28. The van der Waals surface area contributed by atoms with Crippen LogP contribution < -0.4 is 14.4 Å². The number of nitro benzene ring substituents is 1. The predicted octanol–water partition coefficient (Wildman–Crippen LogP) is 2.40. The molecule has 1 aliphatic heterocycles. The normalized spacial score (nSPS) is 15.1. The zero-order valence-corrected chi connectivity index (χ0v) is 18.6. The number of aryl methyl sites for hydroxylation is 1. The van der Waals surface area contributed by atoms with Gasteiger partial charge in [-0.15, -0.1) is 0 Å². The minimum atomic E-state index is -3.80. The van der Waals surface area contributed by atoms with Crippen molar-refractivity contribution in [3.63, 3.8) is 0 Å². The molecule has 0 aromatic heterocycles. The summed E-state index contributed by atoms with van der Waals surface area (Å²) in [6.45, 7) is 6.19. The number of hydrogen-bond acceptors (Lipinski definition) is 7. The van der Waals surface area contributed by atoms with Gasteiger partial charge < -0.3 is 9.64 Å². The van der Waals surface area contributed by atoms with Gasteiger partial charge in [0, 0.05) is 44.9 Å². The van der Waals surface area contributed by atoms with Crippen LogP contribution in [0.3, 0.4) is 0 Å². The Balaban J connectivity index is 1.47. The van der Waals surface area contributed by atoms with Crippen LogP contribution in [0.2, 0.25) is 0 Å². The van der Waals surface area contributed by atoms with Gasteiger partial charge in [-0.2, -0.15) is 0 Å². The van der Waals surface area contributed by atoms with E-state index in [-0.39, 0.29) is 17.1 Å². The Labute approximate surface area is 182 Å². The van der Waals surface area contributed by atoms with Gasteiger partial charge in [-0.05, 0) is 37.6 Å². The fourth-order valence-electron chi connectivity index (χ4n) is 3.68. The Hall–Kier alpha value is -2.69. The molecule has 168 valence electrons. The van der Waals surface area contributed by atoms with Crippen molar-refractivity contribution < 1.29 is 18.1 Å². The van der Waals surface area contributed by atoms with Crippen LogP contribution in [0.15, 0.2) is 47.4 Å². The lowest BCUT2D eigenvalue weighted by atomic mass is 10.2. The molecular weight excluding hydrogens is 420 g/mol. The number of benzene rings is 2. The van der Waals surface area contributed by atoms with E-state index in [1.54, 1.807) is 14.0 Å². The Kier molecular flexibility index (Phi) is 7.47. The molecule has 3 rings (SSSR count). The van der Waals surface area contributed by atoms with Gasteiger partial charge in [0.15, 0.2) is 0 Å². The highest BCUT2D eigenvalue weighted by Gasteiger charge is 2.21. The third-order valence-electron chi connectivity index (χ3n) is 5.41. The van der Waals surface area contributed by atoms with Gasteiger partial charge >= 0.3 is 0 Å². The second kappa shape index (κ2) is 10.1. The topological polar surface area (TPSA) is 105 Å². The maximum absolute atomic E-state index is 12.6. The van der Waals surface area contributed by atoms with Gasteiger partial charge in [0.1, 0.15) is 5.75 Å². The first-order valence-electron chi connectivity index (χ1n) is 10.2. The molecule has 1 N–H and O–H groups in total. The Bertz CT molecular complexity index is 1020. The number of rotatable bonds is 9. The zero-order chi connectivity index (χ0) is 22.4. The predicted molar refractivity (Wildman–Crippen MR) is 119 cm³/mol. The van der Waals surface area contributed by atoms with E-state index in [9.17, 15) is 18.5 Å². The molecule has 0 bridgehead atoms. The third-order valence-corrected chi connectivity index (χ3v) is 7.02. The molecule has 1 aliphatic rings. The van der Waals surface area contributed by atoms with Crippen molar-refractivity contribution in [3.8, 4) is 5.75 Å². The molecule has 0 saturated carbocycles. The number of methoxy groups -OCH3 is 1. The van der Waals surface area contributed by atoms with Crippen LogP contribution in [0.25, 0.3) is 0 Å². The molecule has 0 aliphatic carbocycles. The summed E-state index contributed by atoms with van der Waals surface area (Å²) in [7, 11) is -2.13. The van der Waals surface area contributed by atoms with Crippen molar-refractivity contribution in [2.45, 2.75) is 18.2 Å². The highest BCUT2D eigenvalue weighted by molar-refractivity contribution is 7.89.